The number of nitro benzene ring substituents is 1. The highest BCUT2D eigenvalue weighted by molar-refractivity contribution is 6.08. The van der Waals surface area contributed by atoms with Gasteiger partial charge < -0.3 is 10.6 Å². The Hall–Kier alpha value is -2.90. The zero-order valence-corrected chi connectivity index (χ0v) is 11.9. The smallest absolute Gasteiger partial charge is 0.270 e. The minimum absolute atomic E-state index is 0.139. The van der Waals surface area contributed by atoms with Gasteiger partial charge in [-0.05, 0) is 19.9 Å². The summed E-state index contributed by atoms with van der Waals surface area (Å²) in [7, 11) is 1.65. The molecule has 0 aliphatic heterocycles. The second-order valence-corrected chi connectivity index (χ2v) is 4.50. The maximum atomic E-state index is 12.4. The first-order valence-corrected chi connectivity index (χ1v) is 6.23. The molecule has 0 radical (unpaired) electrons. The van der Waals surface area contributed by atoms with Crippen molar-refractivity contribution in [2.45, 2.75) is 13.8 Å². The Morgan fingerprint density at radius 3 is 2.62 bits per heavy atom. The van der Waals surface area contributed by atoms with Crippen LogP contribution < -0.4 is 10.6 Å². The van der Waals surface area contributed by atoms with Crippen LogP contribution in [0.5, 0.6) is 0 Å². The average molecular weight is 289 g/mol. The summed E-state index contributed by atoms with van der Waals surface area (Å²) in [5.41, 5.74) is 2.52. The number of carbonyl (C=O) groups is 1. The lowest BCUT2D eigenvalue weighted by molar-refractivity contribution is -0.384. The fourth-order valence-electron chi connectivity index (χ4n) is 1.97. The van der Waals surface area contributed by atoms with E-state index in [0.29, 0.717) is 17.1 Å². The van der Waals surface area contributed by atoms with Crippen LogP contribution in [0.2, 0.25) is 0 Å². The van der Waals surface area contributed by atoms with E-state index in [4.69, 9.17) is 0 Å². The number of aromatic nitrogens is 2. The minimum atomic E-state index is -0.537. The Morgan fingerprint density at radius 2 is 2.10 bits per heavy atom. The van der Waals surface area contributed by atoms with E-state index in [9.17, 15) is 14.9 Å². The summed E-state index contributed by atoms with van der Waals surface area (Å²) in [6.07, 6.45) is 0. The van der Waals surface area contributed by atoms with Gasteiger partial charge in [0.1, 0.15) is 0 Å². The summed E-state index contributed by atoms with van der Waals surface area (Å²) < 4.78 is 0. The molecule has 110 valence electrons. The fraction of sp³-hybridized carbons (Fsp3) is 0.231. The summed E-state index contributed by atoms with van der Waals surface area (Å²) in [5, 5.41) is 23.2. The molecule has 0 unspecified atom stereocenters. The minimum Gasteiger partial charge on any atom is -0.387 e. The van der Waals surface area contributed by atoms with Gasteiger partial charge in [0.25, 0.3) is 11.6 Å². The summed E-state index contributed by atoms with van der Waals surface area (Å²) in [6.45, 7) is 3.54. The highest BCUT2D eigenvalue weighted by Crippen LogP contribution is 2.24. The number of hydrogen-bond acceptors (Lipinski definition) is 5. The van der Waals surface area contributed by atoms with E-state index < -0.39 is 10.8 Å². The van der Waals surface area contributed by atoms with E-state index in [-0.39, 0.29) is 11.3 Å². The monoisotopic (exact) mass is 289 g/mol. The number of nitrogens with zero attached hydrogens (tertiary/aromatic N) is 2. The Morgan fingerprint density at radius 1 is 1.38 bits per heavy atom. The molecule has 0 saturated heterocycles. The van der Waals surface area contributed by atoms with Crippen molar-refractivity contribution in [2.75, 3.05) is 17.7 Å². The molecular formula is C13H15N5O3. The van der Waals surface area contributed by atoms with Crippen molar-refractivity contribution in [3.63, 3.8) is 0 Å². The van der Waals surface area contributed by atoms with E-state index in [2.05, 4.69) is 20.8 Å². The van der Waals surface area contributed by atoms with Crippen LogP contribution in [0.1, 0.15) is 21.7 Å². The quantitative estimate of drug-likeness (QED) is 0.590. The average Bonchev–Trinajstić information content (AvgIpc) is 2.78. The molecule has 8 nitrogen and oxygen atoms in total. The molecule has 0 spiro atoms. The van der Waals surface area contributed by atoms with E-state index in [1.54, 1.807) is 20.9 Å². The van der Waals surface area contributed by atoms with Crippen LogP contribution in [-0.4, -0.2) is 28.1 Å². The van der Waals surface area contributed by atoms with Gasteiger partial charge in [-0.3, -0.25) is 20.0 Å². The van der Waals surface area contributed by atoms with Crippen LogP contribution in [0.25, 0.3) is 0 Å². The number of amides is 1. The molecule has 8 heteroatoms. The first-order valence-electron chi connectivity index (χ1n) is 6.23. The zero-order chi connectivity index (χ0) is 15.6. The third-order valence-corrected chi connectivity index (χ3v) is 3.09. The molecule has 1 aromatic carbocycles. The van der Waals surface area contributed by atoms with Crippen molar-refractivity contribution < 1.29 is 9.72 Å². The van der Waals surface area contributed by atoms with Crippen molar-refractivity contribution in [1.29, 1.82) is 0 Å². The Balaban J connectivity index is 2.38. The van der Waals surface area contributed by atoms with Gasteiger partial charge >= 0.3 is 0 Å². The largest absolute Gasteiger partial charge is 0.387 e. The molecule has 1 aromatic heterocycles. The number of carbonyl (C=O) groups excluding carboxylic acids is 1. The van der Waals surface area contributed by atoms with Gasteiger partial charge in [-0.2, -0.15) is 5.10 Å². The lowest BCUT2D eigenvalue weighted by atomic mass is 10.1. The van der Waals surface area contributed by atoms with Gasteiger partial charge in [0.05, 0.1) is 27.6 Å². The summed E-state index contributed by atoms with van der Waals surface area (Å²) in [4.78, 5) is 22.7. The highest BCUT2D eigenvalue weighted by Gasteiger charge is 2.18. The van der Waals surface area contributed by atoms with Gasteiger partial charge in [0.2, 0.25) is 0 Å². The van der Waals surface area contributed by atoms with E-state index in [1.807, 2.05) is 0 Å². The number of aryl methyl sites for hydroxylation is 2. The first kappa shape index (κ1) is 14.5. The van der Waals surface area contributed by atoms with Gasteiger partial charge in [0, 0.05) is 24.9 Å². The van der Waals surface area contributed by atoms with Crippen molar-refractivity contribution in [3.05, 3.63) is 45.3 Å². The molecule has 0 fully saturated rings. The third kappa shape index (κ3) is 2.83. The molecule has 21 heavy (non-hydrogen) atoms. The molecule has 1 heterocycles. The van der Waals surface area contributed by atoms with Crippen LogP contribution in [0.4, 0.5) is 17.1 Å². The summed E-state index contributed by atoms with van der Waals surface area (Å²) in [5.74, 6) is -0.435. The van der Waals surface area contributed by atoms with E-state index in [0.717, 1.165) is 5.69 Å². The van der Waals surface area contributed by atoms with Gasteiger partial charge in [-0.15, -0.1) is 0 Å². The molecule has 2 aromatic rings. The first-order chi connectivity index (χ1) is 9.93. The Bertz CT molecular complexity index is 688. The normalized spacial score (nSPS) is 10.2. The number of aromatic amines is 1. The van der Waals surface area contributed by atoms with Crippen LogP contribution in [0, 0.1) is 24.0 Å². The number of H-pyrrole nitrogens is 1. The lowest BCUT2D eigenvalue weighted by Crippen LogP contribution is -2.15. The van der Waals surface area contributed by atoms with Crippen LogP contribution in [0.15, 0.2) is 18.2 Å². The number of nitrogens with one attached hydrogen (secondary N) is 3. The number of anilines is 2. The second-order valence-electron chi connectivity index (χ2n) is 4.50. The zero-order valence-electron chi connectivity index (χ0n) is 11.9. The number of benzene rings is 1. The summed E-state index contributed by atoms with van der Waals surface area (Å²) in [6, 6.07) is 4.09. The molecule has 3 N–H and O–H groups in total. The standard InChI is InChI=1S/C13H15N5O3/c1-7-12(8(2)17-16-7)15-13(19)10-6-9(18(20)21)4-5-11(10)14-3/h4-6,14H,1-3H3,(H,15,19)(H,16,17). The SMILES string of the molecule is CNc1ccc([N+](=O)[O-])cc1C(=O)Nc1c(C)n[nH]c1C. The number of hydrogen-bond donors (Lipinski definition) is 3. The predicted molar refractivity (Wildman–Crippen MR) is 78.7 cm³/mol. The van der Waals surface area contributed by atoms with Gasteiger partial charge in [0.15, 0.2) is 0 Å². The Labute approximate surface area is 120 Å². The maximum absolute atomic E-state index is 12.4. The highest BCUT2D eigenvalue weighted by atomic mass is 16.6. The van der Waals surface area contributed by atoms with Crippen molar-refractivity contribution in [2.24, 2.45) is 0 Å². The number of nitro groups is 1. The molecule has 0 aliphatic carbocycles. The van der Waals surface area contributed by atoms with E-state index >= 15 is 0 Å². The number of non-ortho nitro benzene ring substituents is 1. The van der Waals surface area contributed by atoms with Crippen molar-refractivity contribution >= 4 is 23.0 Å². The lowest BCUT2D eigenvalue weighted by Gasteiger charge is -2.10. The molecule has 0 aliphatic rings. The van der Waals surface area contributed by atoms with Crippen molar-refractivity contribution in [3.8, 4) is 0 Å². The Kier molecular flexibility index (Phi) is 3.88. The molecule has 0 saturated carbocycles. The van der Waals surface area contributed by atoms with Crippen LogP contribution in [0.3, 0.4) is 0 Å². The molecule has 2 rings (SSSR count). The molecular weight excluding hydrogens is 274 g/mol. The van der Waals surface area contributed by atoms with Crippen LogP contribution in [-0.2, 0) is 0 Å². The topological polar surface area (TPSA) is 113 Å². The summed E-state index contributed by atoms with van der Waals surface area (Å²) >= 11 is 0. The van der Waals surface area contributed by atoms with Crippen molar-refractivity contribution in [1.82, 2.24) is 10.2 Å². The van der Waals surface area contributed by atoms with Gasteiger partial charge in [-0.1, -0.05) is 0 Å². The number of rotatable bonds is 4. The van der Waals surface area contributed by atoms with Crippen LogP contribution >= 0.6 is 0 Å². The molecule has 0 atom stereocenters. The predicted octanol–water partition coefficient (Wildman–Crippen LogP) is 2.23. The second kappa shape index (κ2) is 5.61. The fourth-order valence-corrected chi connectivity index (χ4v) is 1.97. The molecule has 1 amide bonds. The maximum Gasteiger partial charge on any atom is 0.270 e. The molecule has 0 bridgehead atoms. The van der Waals surface area contributed by atoms with E-state index in [1.165, 1.54) is 18.2 Å². The third-order valence-electron chi connectivity index (χ3n) is 3.09. The van der Waals surface area contributed by atoms with Gasteiger partial charge in [-0.25, -0.2) is 0 Å².